The minimum absolute atomic E-state index is 0.0731. The van der Waals surface area contributed by atoms with Crippen LogP contribution in [0.4, 0.5) is 0 Å². The third kappa shape index (κ3) is 5.71. The first-order valence-corrected chi connectivity index (χ1v) is 7.26. The number of hydrogen-bond donors (Lipinski definition) is 1. The Morgan fingerprint density at radius 1 is 1.13 bits per heavy atom. The molecular weight excluding hydrogens is 292 g/mol. The summed E-state index contributed by atoms with van der Waals surface area (Å²) >= 11 is 0. The molecule has 118 valence electrons. The van der Waals surface area contributed by atoms with E-state index in [4.69, 9.17) is 14.7 Å². The second kappa shape index (κ2) is 8.44. The monoisotopic (exact) mass is 310 g/mol. The number of aryl methyl sites for hydroxylation is 1. The standard InChI is InChI=1S/C18H18N2O3/c1-14-3-2-4-17(11-14)22-10-9-20-18(21)13-23-16-7-5-15(12-19)6-8-16/h2-8,11H,9-10,13H2,1H3,(H,20,21). The average Bonchev–Trinajstić information content (AvgIpc) is 2.57. The quantitative estimate of drug-likeness (QED) is 0.797. The number of benzene rings is 2. The van der Waals surface area contributed by atoms with E-state index in [-0.39, 0.29) is 12.5 Å². The molecule has 23 heavy (non-hydrogen) atoms. The molecule has 0 radical (unpaired) electrons. The lowest BCUT2D eigenvalue weighted by Crippen LogP contribution is -2.32. The highest BCUT2D eigenvalue weighted by Gasteiger charge is 2.03. The Kier molecular flexibility index (Phi) is 6.01. The van der Waals surface area contributed by atoms with Gasteiger partial charge in [-0.25, -0.2) is 0 Å². The van der Waals surface area contributed by atoms with E-state index in [2.05, 4.69) is 5.32 Å². The van der Waals surface area contributed by atoms with Crippen molar-refractivity contribution in [3.63, 3.8) is 0 Å². The van der Waals surface area contributed by atoms with Crippen LogP contribution in [0.2, 0.25) is 0 Å². The third-order valence-corrected chi connectivity index (χ3v) is 3.04. The summed E-state index contributed by atoms with van der Waals surface area (Å²) in [7, 11) is 0. The number of nitrogens with zero attached hydrogens (tertiary/aromatic N) is 1. The van der Waals surface area contributed by atoms with Gasteiger partial charge >= 0.3 is 0 Å². The van der Waals surface area contributed by atoms with Gasteiger partial charge in [0.15, 0.2) is 6.61 Å². The van der Waals surface area contributed by atoms with Gasteiger partial charge in [-0.3, -0.25) is 4.79 Å². The van der Waals surface area contributed by atoms with Gasteiger partial charge in [0.05, 0.1) is 18.2 Å². The van der Waals surface area contributed by atoms with Crippen LogP contribution in [-0.4, -0.2) is 25.7 Å². The van der Waals surface area contributed by atoms with Crippen molar-refractivity contribution < 1.29 is 14.3 Å². The van der Waals surface area contributed by atoms with E-state index in [1.807, 2.05) is 37.3 Å². The lowest BCUT2D eigenvalue weighted by molar-refractivity contribution is -0.123. The molecule has 0 aliphatic rings. The average molecular weight is 310 g/mol. The van der Waals surface area contributed by atoms with Crippen molar-refractivity contribution in [1.29, 1.82) is 5.26 Å². The van der Waals surface area contributed by atoms with Crippen molar-refractivity contribution in [3.8, 4) is 17.6 Å². The zero-order valence-corrected chi connectivity index (χ0v) is 12.9. The van der Waals surface area contributed by atoms with Crippen LogP contribution >= 0.6 is 0 Å². The first-order valence-electron chi connectivity index (χ1n) is 7.26. The molecule has 0 saturated heterocycles. The molecule has 0 aliphatic heterocycles. The van der Waals surface area contributed by atoms with Crippen LogP contribution in [0.3, 0.4) is 0 Å². The number of carbonyl (C=O) groups is 1. The molecule has 0 fully saturated rings. The number of carbonyl (C=O) groups excluding carboxylic acids is 1. The smallest absolute Gasteiger partial charge is 0.258 e. The van der Waals surface area contributed by atoms with Gasteiger partial charge in [-0.1, -0.05) is 12.1 Å². The Hall–Kier alpha value is -3.00. The lowest BCUT2D eigenvalue weighted by Gasteiger charge is -2.09. The van der Waals surface area contributed by atoms with Crippen molar-refractivity contribution in [2.45, 2.75) is 6.92 Å². The van der Waals surface area contributed by atoms with Gasteiger partial charge in [0.1, 0.15) is 18.1 Å². The first kappa shape index (κ1) is 16.4. The van der Waals surface area contributed by atoms with Crippen molar-refractivity contribution >= 4 is 5.91 Å². The summed E-state index contributed by atoms with van der Waals surface area (Å²) in [6.45, 7) is 2.72. The highest BCUT2D eigenvalue weighted by atomic mass is 16.5. The van der Waals surface area contributed by atoms with E-state index in [9.17, 15) is 4.79 Å². The zero-order chi connectivity index (χ0) is 16.5. The number of hydrogen-bond acceptors (Lipinski definition) is 4. The topological polar surface area (TPSA) is 71.3 Å². The molecule has 2 rings (SSSR count). The second-order valence-electron chi connectivity index (χ2n) is 4.94. The SMILES string of the molecule is Cc1cccc(OCCNC(=O)COc2ccc(C#N)cc2)c1. The number of nitriles is 1. The van der Waals surface area contributed by atoms with E-state index >= 15 is 0 Å². The minimum Gasteiger partial charge on any atom is -0.492 e. The highest BCUT2D eigenvalue weighted by Crippen LogP contribution is 2.12. The maximum absolute atomic E-state index is 11.7. The number of ether oxygens (including phenoxy) is 2. The molecule has 0 unspecified atom stereocenters. The fourth-order valence-electron chi connectivity index (χ4n) is 1.89. The molecule has 1 amide bonds. The number of rotatable bonds is 7. The van der Waals surface area contributed by atoms with E-state index in [1.165, 1.54) is 0 Å². The lowest BCUT2D eigenvalue weighted by atomic mass is 10.2. The molecule has 1 N–H and O–H groups in total. The number of amides is 1. The molecule has 0 atom stereocenters. The van der Waals surface area contributed by atoms with Crippen LogP contribution in [0.15, 0.2) is 48.5 Å². The van der Waals surface area contributed by atoms with E-state index < -0.39 is 0 Å². The highest BCUT2D eigenvalue weighted by molar-refractivity contribution is 5.77. The third-order valence-electron chi connectivity index (χ3n) is 3.04. The molecule has 0 heterocycles. The molecule has 2 aromatic rings. The molecule has 5 heteroatoms. The van der Waals surface area contributed by atoms with Gasteiger partial charge in [-0.15, -0.1) is 0 Å². The second-order valence-corrected chi connectivity index (χ2v) is 4.94. The summed E-state index contributed by atoms with van der Waals surface area (Å²) in [6.07, 6.45) is 0. The van der Waals surface area contributed by atoms with Crippen LogP contribution in [0.1, 0.15) is 11.1 Å². The Bertz CT molecular complexity index is 690. The summed E-state index contributed by atoms with van der Waals surface area (Å²) in [6, 6.07) is 16.4. The Labute approximate surface area is 135 Å². The van der Waals surface area contributed by atoms with Gasteiger partial charge in [0, 0.05) is 0 Å². The normalized spacial score (nSPS) is 9.74. The summed E-state index contributed by atoms with van der Waals surface area (Å²) in [5.74, 6) is 1.12. The molecule has 0 spiro atoms. The van der Waals surface area contributed by atoms with Crippen molar-refractivity contribution in [2.24, 2.45) is 0 Å². The molecule has 0 aliphatic carbocycles. The maximum atomic E-state index is 11.7. The Balaban J connectivity index is 1.64. The van der Waals surface area contributed by atoms with E-state index in [1.54, 1.807) is 24.3 Å². The van der Waals surface area contributed by atoms with Crippen molar-refractivity contribution in [2.75, 3.05) is 19.8 Å². The van der Waals surface area contributed by atoms with E-state index in [0.717, 1.165) is 11.3 Å². The zero-order valence-electron chi connectivity index (χ0n) is 12.9. The summed E-state index contributed by atoms with van der Waals surface area (Å²) in [4.78, 5) is 11.7. The Morgan fingerprint density at radius 2 is 1.91 bits per heavy atom. The maximum Gasteiger partial charge on any atom is 0.258 e. The van der Waals surface area contributed by atoms with Gasteiger partial charge < -0.3 is 14.8 Å². The van der Waals surface area contributed by atoms with Crippen LogP contribution in [0, 0.1) is 18.3 Å². The molecule has 2 aromatic carbocycles. The van der Waals surface area contributed by atoms with Crippen molar-refractivity contribution in [1.82, 2.24) is 5.32 Å². The van der Waals surface area contributed by atoms with Crippen molar-refractivity contribution in [3.05, 3.63) is 59.7 Å². The first-order chi connectivity index (χ1) is 11.2. The van der Waals surface area contributed by atoms with Gasteiger partial charge in [-0.2, -0.15) is 5.26 Å². The van der Waals surface area contributed by atoms with Crippen LogP contribution < -0.4 is 14.8 Å². The molecular formula is C18H18N2O3. The fraction of sp³-hybridized carbons (Fsp3) is 0.222. The summed E-state index contributed by atoms with van der Waals surface area (Å²) in [5.41, 5.74) is 1.68. The summed E-state index contributed by atoms with van der Waals surface area (Å²) < 4.78 is 10.9. The minimum atomic E-state index is -0.220. The summed E-state index contributed by atoms with van der Waals surface area (Å²) in [5, 5.41) is 11.4. The largest absolute Gasteiger partial charge is 0.492 e. The molecule has 0 aromatic heterocycles. The molecule has 5 nitrogen and oxygen atoms in total. The predicted molar refractivity (Wildman–Crippen MR) is 86.3 cm³/mol. The number of nitrogens with one attached hydrogen (secondary N) is 1. The van der Waals surface area contributed by atoms with Crippen LogP contribution in [0.5, 0.6) is 11.5 Å². The van der Waals surface area contributed by atoms with E-state index in [0.29, 0.717) is 24.5 Å². The van der Waals surface area contributed by atoms with Gasteiger partial charge in [-0.05, 0) is 48.9 Å². The van der Waals surface area contributed by atoms with Crippen LogP contribution in [-0.2, 0) is 4.79 Å². The fourth-order valence-corrected chi connectivity index (χ4v) is 1.89. The van der Waals surface area contributed by atoms with Crippen LogP contribution in [0.25, 0.3) is 0 Å². The predicted octanol–water partition coefficient (Wildman–Crippen LogP) is 2.44. The van der Waals surface area contributed by atoms with Gasteiger partial charge in [0.2, 0.25) is 0 Å². The molecule has 0 bridgehead atoms. The molecule has 0 saturated carbocycles. The van der Waals surface area contributed by atoms with Gasteiger partial charge in [0.25, 0.3) is 5.91 Å². The Morgan fingerprint density at radius 3 is 2.61 bits per heavy atom.